The molecule has 1 aromatic carbocycles. The van der Waals surface area contributed by atoms with E-state index in [0.29, 0.717) is 28.3 Å². The molecule has 0 heterocycles. The van der Waals surface area contributed by atoms with Gasteiger partial charge in [0.15, 0.2) is 11.6 Å². The maximum atomic E-state index is 12.0. The molecule has 0 radical (unpaired) electrons. The molecule has 3 nitrogen and oxygen atoms in total. The molecule has 0 saturated carbocycles. The van der Waals surface area contributed by atoms with Gasteiger partial charge < -0.3 is 5.73 Å². The first-order chi connectivity index (χ1) is 7.74. The first kappa shape index (κ1) is 11.1. The fourth-order valence-corrected chi connectivity index (χ4v) is 2.34. The quantitative estimate of drug-likeness (QED) is 0.862. The minimum absolute atomic E-state index is 0.0753. The van der Waals surface area contributed by atoms with E-state index in [1.54, 1.807) is 24.3 Å². The molecule has 0 bridgehead atoms. The van der Waals surface area contributed by atoms with E-state index in [1.165, 1.54) is 17.8 Å². The molecule has 0 saturated heterocycles. The maximum absolute atomic E-state index is 12.0. The van der Waals surface area contributed by atoms with Gasteiger partial charge in [-0.3, -0.25) is 9.59 Å². The maximum Gasteiger partial charge on any atom is 0.200 e. The van der Waals surface area contributed by atoms with Crippen LogP contribution in [0.4, 0.5) is 0 Å². The van der Waals surface area contributed by atoms with Gasteiger partial charge in [0.25, 0.3) is 0 Å². The molecule has 0 aliphatic heterocycles. The highest BCUT2D eigenvalue weighted by atomic mass is 32.2. The number of benzene rings is 1. The second-order valence-corrected chi connectivity index (χ2v) is 4.52. The van der Waals surface area contributed by atoms with Gasteiger partial charge in [0.2, 0.25) is 0 Å². The number of hydrogen-bond donors (Lipinski definition) is 1. The lowest BCUT2D eigenvalue weighted by Crippen LogP contribution is -2.16. The number of fused-ring (bicyclic) bond motifs is 1. The molecule has 4 heteroatoms. The molecule has 0 amide bonds. The summed E-state index contributed by atoms with van der Waals surface area (Å²) in [5.74, 6) is 0.468. The van der Waals surface area contributed by atoms with Crippen LogP contribution in [0.5, 0.6) is 0 Å². The van der Waals surface area contributed by atoms with Crippen molar-refractivity contribution in [1.82, 2.24) is 0 Å². The van der Waals surface area contributed by atoms with Gasteiger partial charge in [0, 0.05) is 29.5 Å². The first-order valence-corrected chi connectivity index (χ1v) is 5.95. The van der Waals surface area contributed by atoms with Gasteiger partial charge in [-0.25, -0.2) is 0 Å². The molecule has 0 atom stereocenters. The molecule has 16 heavy (non-hydrogen) atoms. The zero-order valence-corrected chi connectivity index (χ0v) is 9.42. The van der Waals surface area contributed by atoms with Crippen LogP contribution in [-0.2, 0) is 0 Å². The van der Waals surface area contributed by atoms with Crippen molar-refractivity contribution in [3.63, 3.8) is 0 Å². The number of Topliss-reactive ketones (excluding diaryl/α,β-unsaturated/α-hetero) is 1. The first-order valence-electron chi connectivity index (χ1n) is 4.96. The number of hydrogen-bond acceptors (Lipinski definition) is 4. The summed E-state index contributed by atoms with van der Waals surface area (Å²) in [6, 6.07) is 6.89. The van der Waals surface area contributed by atoms with Crippen molar-refractivity contribution < 1.29 is 9.59 Å². The number of allylic oxidation sites excluding steroid dienone is 2. The summed E-state index contributed by atoms with van der Waals surface area (Å²) >= 11 is 1.34. The van der Waals surface area contributed by atoms with Crippen molar-refractivity contribution in [2.24, 2.45) is 5.73 Å². The molecule has 1 aliphatic carbocycles. The van der Waals surface area contributed by atoms with Crippen LogP contribution in [-0.4, -0.2) is 23.9 Å². The number of thioether (sulfide) groups is 1. The largest absolute Gasteiger partial charge is 0.330 e. The number of carbonyl (C=O) groups excluding carboxylic acids is 2. The summed E-state index contributed by atoms with van der Waals surface area (Å²) in [5.41, 5.74) is 6.36. The molecule has 0 spiro atoms. The molecule has 2 rings (SSSR count). The predicted molar refractivity (Wildman–Crippen MR) is 64.7 cm³/mol. The highest BCUT2D eigenvalue weighted by Gasteiger charge is 2.24. The van der Waals surface area contributed by atoms with Crippen molar-refractivity contribution in [3.05, 3.63) is 46.4 Å². The van der Waals surface area contributed by atoms with Crippen molar-refractivity contribution in [2.75, 3.05) is 12.3 Å². The molecule has 82 valence electrons. The third kappa shape index (κ3) is 1.94. The van der Waals surface area contributed by atoms with Gasteiger partial charge in [0.05, 0.1) is 4.91 Å². The van der Waals surface area contributed by atoms with Crippen LogP contribution >= 0.6 is 11.8 Å². The highest BCUT2D eigenvalue weighted by molar-refractivity contribution is 8.04. The van der Waals surface area contributed by atoms with Crippen molar-refractivity contribution in [2.45, 2.75) is 0 Å². The molecule has 2 N–H and O–H groups in total. The fourth-order valence-electron chi connectivity index (χ4n) is 1.57. The van der Waals surface area contributed by atoms with E-state index >= 15 is 0 Å². The van der Waals surface area contributed by atoms with Crippen molar-refractivity contribution >= 4 is 23.3 Å². The Labute approximate surface area is 97.7 Å². The zero-order valence-electron chi connectivity index (χ0n) is 8.60. The fraction of sp³-hybridized carbons (Fsp3) is 0.167. The summed E-state index contributed by atoms with van der Waals surface area (Å²) in [5, 5.41) is 0. The Kier molecular flexibility index (Phi) is 3.22. The van der Waals surface area contributed by atoms with E-state index in [2.05, 4.69) is 0 Å². The minimum atomic E-state index is -0.102. The lowest BCUT2D eigenvalue weighted by molar-refractivity contribution is 0.0991. The third-order valence-electron chi connectivity index (χ3n) is 2.30. The van der Waals surface area contributed by atoms with Gasteiger partial charge in [-0.2, -0.15) is 0 Å². The van der Waals surface area contributed by atoms with E-state index in [9.17, 15) is 9.59 Å². The summed E-state index contributed by atoms with van der Waals surface area (Å²) in [7, 11) is 0. The Morgan fingerprint density at radius 2 is 1.81 bits per heavy atom. The van der Waals surface area contributed by atoms with Crippen molar-refractivity contribution in [1.29, 1.82) is 0 Å². The van der Waals surface area contributed by atoms with E-state index < -0.39 is 0 Å². The van der Waals surface area contributed by atoms with Crippen LogP contribution in [0.1, 0.15) is 20.7 Å². The average Bonchev–Trinajstić information content (AvgIpc) is 2.32. The number of carbonyl (C=O) groups is 2. The number of rotatable bonds is 3. The van der Waals surface area contributed by atoms with Crippen LogP contribution < -0.4 is 5.73 Å². The molecule has 0 aromatic heterocycles. The van der Waals surface area contributed by atoms with Crippen LogP contribution in [0.2, 0.25) is 0 Å². The van der Waals surface area contributed by atoms with E-state index in [4.69, 9.17) is 5.73 Å². The topological polar surface area (TPSA) is 60.2 Å². The van der Waals surface area contributed by atoms with E-state index in [0.717, 1.165) is 0 Å². The summed E-state index contributed by atoms with van der Waals surface area (Å²) in [4.78, 5) is 24.2. The Balaban J connectivity index is 2.36. The Bertz CT molecular complexity index is 480. The third-order valence-corrected chi connectivity index (χ3v) is 3.35. The van der Waals surface area contributed by atoms with Gasteiger partial charge in [-0.1, -0.05) is 24.3 Å². The zero-order chi connectivity index (χ0) is 11.5. The van der Waals surface area contributed by atoms with Gasteiger partial charge in [-0.05, 0) is 0 Å². The van der Waals surface area contributed by atoms with Gasteiger partial charge in [0.1, 0.15) is 0 Å². The second-order valence-electron chi connectivity index (χ2n) is 3.38. The molecule has 1 aliphatic rings. The predicted octanol–water partition coefficient (Wildman–Crippen LogP) is 1.64. The molecular weight excluding hydrogens is 222 g/mol. The Hall–Kier alpha value is -1.39. The standard InChI is InChI=1S/C12H11NO2S/c13-5-6-16-11-7-10(14)8-3-1-2-4-9(8)12(11)15/h1-4,7H,5-6,13H2. The second kappa shape index (κ2) is 4.63. The molecular formula is C12H11NO2S. The van der Waals surface area contributed by atoms with E-state index in [-0.39, 0.29) is 11.6 Å². The van der Waals surface area contributed by atoms with Crippen LogP contribution in [0.25, 0.3) is 0 Å². The smallest absolute Gasteiger partial charge is 0.200 e. The lowest BCUT2D eigenvalue weighted by atomic mass is 9.95. The van der Waals surface area contributed by atoms with Crippen LogP contribution in [0, 0.1) is 0 Å². The number of nitrogens with two attached hydrogens (primary N) is 1. The monoisotopic (exact) mass is 233 g/mol. The minimum Gasteiger partial charge on any atom is -0.330 e. The van der Waals surface area contributed by atoms with Gasteiger partial charge >= 0.3 is 0 Å². The highest BCUT2D eigenvalue weighted by Crippen LogP contribution is 2.27. The summed E-state index contributed by atoms with van der Waals surface area (Å²) < 4.78 is 0. The summed E-state index contributed by atoms with van der Waals surface area (Å²) in [6.45, 7) is 0.491. The van der Waals surface area contributed by atoms with E-state index in [1.807, 2.05) is 0 Å². The Morgan fingerprint density at radius 1 is 1.12 bits per heavy atom. The van der Waals surface area contributed by atoms with Crippen molar-refractivity contribution in [3.8, 4) is 0 Å². The normalized spacial score (nSPS) is 14.7. The number of ketones is 2. The molecule has 0 fully saturated rings. The molecule has 0 unspecified atom stereocenters. The SMILES string of the molecule is NCCSC1=CC(=O)c2ccccc2C1=O. The summed E-state index contributed by atoms with van der Waals surface area (Å²) in [6.07, 6.45) is 1.41. The molecule has 1 aromatic rings. The van der Waals surface area contributed by atoms with Crippen LogP contribution in [0.15, 0.2) is 35.2 Å². The van der Waals surface area contributed by atoms with Crippen LogP contribution in [0.3, 0.4) is 0 Å². The Morgan fingerprint density at radius 3 is 2.50 bits per heavy atom. The average molecular weight is 233 g/mol. The lowest BCUT2D eigenvalue weighted by Gasteiger charge is -2.13. The van der Waals surface area contributed by atoms with Gasteiger partial charge in [-0.15, -0.1) is 11.8 Å².